The minimum absolute atomic E-state index is 0.293. The second-order valence-electron chi connectivity index (χ2n) is 4.11. The van der Waals surface area contributed by atoms with E-state index >= 15 is 0 Å². The fraction of sp³-hybridized carbons (Fsp3) is 0.286. The van der Waals surface area contributed by atoms with Crippen molar-refractivity contribution < 1.29 is 9.13 Å². The first-order valence-corrected chi connectivity index (χ1v) is 7.68. The van der Waals surface area contributed by atoms with E-state index in [4.69, 9.17) is 4.74 Å². The highest BCUT2D eigenvalue weighted by atomic mass is 79.9. The number of thiophene rings is 1. The zero-order chi connectivity index (χ0) is 13.7. The average molecular weight is 344 g/mol. The number of halogens is 2. The molecule has 1 N–H and O–H groups in total. The van der Waals surface area contributed by atoms with Gasteiger partial charge in [0.2, 0.25) is 0 Å². The minimum atomic E-state index is -0.293. The van der Waals surface area contributed by atoms with Gasteiger partial charge in [0.05, 0.1) is 4.47 Å². The summed E-state index contributed by atoms with van der Waals surface area (Å²) in [5, 5.41) is 5.43. The molecule has 2 aromatic rings. The normalized spacial score (nSPS) is 12.4. The molecule has 0 aliphatic heterocycles. The first-order chi connectivity index (χ1) is 9.16. The predicted molar refractivity (Wildman–Crippen MR) is 80.3 cm³/mol. The van der Waals surface area contributed by atoms with Crippen LogP contribution in [0.3, 0.4) is 0 Å². The van der Waals surface area contributed by atoms with Crippen molar-refractivity contribution in [2.45, 2.75) is 13.0 Å². The van der Waals surface area contributed by atoms with Gasteiger partial charge < -0.3 is 10.1 Å². The summed E-state index contributed by atoms with van der Waals surface area (Å²) in [4.78, 5) is 1.30. The van der Waals surface area contributed by atoms with Crippen molar-refractivity contribution in [1.29, 1.82) is 0 Å². The molecule has 1 heterocycles. The summed E-state index contributed by atoms with van der Waals surface area (Å²) >= 11 is 5.06. The van der Waals surface area contributed by atoms with E-state index < -0.39 is 0 Å². The smallest absolute Gasteiger partial charge is 0.136 e. The third-order valence-corrected chi connectivity index (χ3v) is 4.38. The van der Waals surface area contributed by atoms with Gasteiger partial charge in [0, 0.05) is 23.5 Å². The van der Waals surface area contributed by atoms with Gasteiger partial charge >= 0.3 is 0 Å². The highest BCUT2D eigenvalue weighted by molar-refractivity contribution is 9.10. The molecule has 0 bridgehead atoms. The topological polar surface area (TPSA) is 21.3 Å². The number of hydrogen-bond donors (Lipinski definition) is 1. The zero-order valence-corrected chi connectivity index (χ0v) is 12.9. The third-order valence-electron chi connectivity index (χ3n) is 2.67. The molecule has 5 heteroatoms. The lowest BCUT2D eigenvalue weighted by molar-refractivity contribution is 0.305. The molecule has 1 aromatic heterocycles. The molecular formula is C14H15BrFNOS. The summed E-state index contributed by atoms with van der Waals surface area (Å²) in [6, 6.07) is 8.87. The average Bonchev–Trinajstić information content (AvgIpc) is 2.92. The minimum Gasteiger partial charge on any atom is -0.491 e. The molecule has 0 amide bonds. The van der Waals surface area contributed by atoms with E-state index in [1.165, 1.54) is 17.0 Å². The van der Waals surface area contributed by atoms with E-state index in [0.29, 0.717) is 24.9 Å². The van der Waals surface area contributed by atoms with Crippen LogP contribution in [0.25, 0.3) is 0 Å². The zero-order valence-electron chi connectivity index (χ0n) is 10.5. The molecule has 0 saturated heterocycles. The Morgan fingerprint density at radius 3 is 3.00 bits per heavy atom. The van der Waals surface area contributed by atoms with Crippen molar-refractivity contribution in [2.24, 2.45) is 0 Å². The van der Waals surface area contributed by atoms with E-state index in [9.17, 15) is 4.39 Å². The molecule has 1 unspecified atom stereocenters. The maximum atomic E-state index is 13.1. The van der Waals surface area contributed by atoms with Gasteiger partial charge in [0.15, 0.2) is 0 Å². The Kier molecular flexibility index (Phi) is 5.36. The fourth-order valence-corrected chi connectivity index (χ4v) is 2.78. The van der Waals surface area contributed by atoms with E-state index in [1.54, 1.807) is 17.4 Å². The van der Waals surface area contributed by atoms with E-state index in [0.717, 1.165) is 4.47 Å². The Balaban J connectivity index is 1.76. The molecule has 102 valence electrons. The number of ether oxygens (including phenoxy) is 1. The summed E-state index contributed by atoms with van der Waals surface area (Å²) in [5.41, 5.74) is 0. The van der Waals surface area contributed by atoms with Crippen molar-refractivity contribution in [3.63, 3.8) is 0 Å². The van der Waals surface area contributed by atoms with Gasteiger partial charge in [-0.3, -0.25) is 0 Å². The molecule has 0 radical (unpaired) electrons. The van der Waals surface area contributed by atoms with E-state index in [1.807, 2.05) is 6.07 Å². The van der Waals surface area contributed by atoms with Crippen molar-refractivity contribution >= 4 is 27.3 Å². The van der Waals surface area contributed by atoms with Crippen LogP contribution < -0.4 is 10.1 Å². The number of benzene rings is 1. The van der Waals surface area contributed by atoms with Gasteiger partial charge in [0.1, 0.15) is 18.2 Å². The molecule has 0 saturated carbocycles. The summed E-state index contributed by atoms with van der Waals surface area (Å²) < 4.78 is 19.4. The van der Waals surface area contributed by atoms with Crippen LogP contribution in [0, 0.1) is 5.82 Å². The SMILES string of the molecule is CC(NCCOc1cc(F)ccc1Br)c1cccs1. The number of hydrogen-bond acceptors (Lipinski definition) is 3. The summed E-state index contributed by atoms with van der Waals surface area (Å²) in [5.74, 6) is 0.240. The van der Waals surface area contributed by atoms with E-state index in [-0.39, 0.29) is 5.82 Å². The highest BCUT2D eigenvalue weighted by Crippen LogP contribution is 2.25. The second-order valence-corrected chi connectivity index (χ2v) is 5.95. The van der Waals surface area contributed by atoms with Gasteiger partial charge in [-0.05, 0) is 46.4 Å². The standard InChI is InChI=1S/C14H15BrFNOS/c1-10(14-3-2-8-19-14)17-6-7-18-13-9-11(16)4-5-12(13)15/h2-5,8-10,17H,6-7H2,1H3. The summed E-state index contributed by atoms with van der Waals surface area (Å²) in [6.45, 7) is 3.32. The first-order valence-electron chi connectivity index (χ1n) is 6.01. The molecular weight excluding hydrogens is 329 g/mol. The van der Waals surface area contributed by atoms with Crippen molar-refractivity contribution in [1.82, 2.24) is 5.32 Å². The molecule has 0 fully saturated rings. The molecule has 0 spiro atoms. The van der Waals surface area contributed by atoms with Crippen LogP contribution in [0.2, 0.25) is 0 Å². The van der Waals surface area contributed by atoms with Crippen LogP contribution in [0.5, 0.6) is 5.75 Å². The Labute approximate surface area is 124 Å². The highest BCUT2D eigenvalue weighted by Gasteiger charge is 2.06. The van der Waals surface area contributed by atoms with Crippen LogP contribution >= 0.6 is 27.3 Å². The van der Waals surface area contributed by atoms with Crippen molar-refractivity contribution in [2.75, 3.05) is 13.2 Å². The maximum absolute atomic E-state index is 13.1. The van der Waals surface area contributed by atoms with E-state index in [2.05, 4.69) is 39.6 Å². The van der Waals surface area contributed by atoms with Gasteiger partial charge in [-0.25, -0.2) is 4.39 Å². The monoisotopic (exact) mass is 343 g/mol. The fourth-order valence-electron chi connectivity index (χ4n) is 1.66. The molecule has 2 nitrogen and oxygen atoms in total. The second kappa shape index (κ2) is 7.03. The Morgan fingerprint density at radius 2 is 2.26 bits per heavy atom. The third kappa shape index (κ3) is 4.30. The quantitative estimate of drug-likeness (QED) is 0.786. The number of nitrogens with one attached hydrogen (secondary N) is 1. The molecule has 1 aromatic carbocycles. The van der Waals surface area contributed by atoms with Gasteiger partial charge in [0.25, 0.3) is 0 Å². The lowest BCUT2D eigenvalue weighted by Gasteiger charge is -2.13. The van der Waals surface area contributed by atoms with Crippen LogP contribution in [0.4, 0.5) is 4.39 Å². The van der Waals surface area contributed by atoms with Gasteiger partial charge in [-0.1, -0.05) is 6.07 Å². The van der Waals surface area contributed by atoms with Crippen LogP contribution in [-0.2, 0) is 0 Å². The Morgan fingerprint density at radius 1 is 1.42 bits per heavy atom. The van der Waals surface area contributed by atoms with Crippen LogP contribution in [0.1, 0.15) is 17.8 Å². The Hall–Kier alpha value is -0.910. The molecule has 19 heavy (non-hydrogen) atoms. The summed E-state index contributed by atoms with van der Waals surface area (Å²) in [6.07, 6.45) is 0. The Bertz CT molecular complexity index is 518. The predicted octanol–water partition coefficient (Wildman–Crippen LogP) is 4.38. The van der Waals surface area contributed by atoms with Gasteiger partial charge in [-0.2, -0.15) is 0 Å². The molecule has 0 aliphatic rings. The largest absolute Gasteiger partial charge is 0.491 e. The molecule has 2 rings (SSSR count). The van der Waals surface area contributed by atoms with Crippen LogP contribution in [-0.4, -0.2) is 13.2 Å². The molecule has 1 atom stereocenters. The molecule has 0 aliphatic carbocycles. The lowest BCUT2D eigenvalue weighted by atomic mass is 10.3. The summed E-state index contributed by atoms with van der Waals surface area (Å²) in [7, 11) is 0. The lowest BCUT2D eigenvalue weighted by Crippen LogP contribution is -2.23. The first kappa shape index (κ1) is 14.5. The number of rotatable bonds is 6. The maximum Gasteiger partial charge on any atom is 0.136 e. The van der Waals surface area contributed by atoms with Crippen molar-refractivity contribution in [3.05, 3.63) is 50.9 Å². The van der Waals surface area contributed by atoms with Gasteiger partial charge in [-0.15, -0.1) is 11.3 Å². The van der Waals surface area contributed by atoms with Crippen LogP contribution in [0.15, 0.2) is 40.2 Å². The van der Waals surface area contributed by atoms with Crippen molar-refractivity contribution in [3.8, 4) is 5.75 Å².